The molecule has 17 heavy (non-hydrogen) atoms. The average Bonchev–Trinajstić information content (AvgIpc) is 3.19. The Morgan fingerprint density at radius 1 is 1.41 bits per heavy atom. The smallest absolute Gasteiger partial charge is 0.119 e. The lowest BCUT2D eigenvalue weighted by atomic mass is 10.1. The SMILES string of the molecule is CNC(COCC1CC1)c1cccc(OC)c1. The van der Waals surface area contributed by atoms with Crippen LogP contribution in [0.25, 0.3) is 0 Å². The van der Waals surface area contributed by atoms with Gasteiger partial charge in [0.2, 0.25) is 0 Å². The molecule has 1 fully saturated rings. The van der Waals surface area contributed by atoms with E-state index in [9.17, 15) is 0 Å². The highest BCUT2D eigenvalue weighted by atomic mass is 16.5. The first kappa shape index (κ1) is 12.4. The molecule has 3 nitrogen and oxygen atoms in total. The monoisotopic (exact) mass is 235 g/mol. The summed E-state index contributed by atoms with van der Waals surface area (Å²) in [6.45, 7) is 1.63. The van der Waals surface area contributed by atoms with E-state index in [4.69, 9.17) is 9.47 Å². The zero-order valence-electron chi connectivity index (χ0n) is 10.6. The summed E-state index contributed by atoms with van der Waals surface area (Å²) >= 11 is 0. The maximum Gasteiger partial charge on any atom is 0.119 e. The minimum Gasteiger partial charge on any atom is -0.497 e. The first-order valence-electron chi connectivity index (χ1n) is 6.22. The van der Waals surface area contributed by atoms with Crippen molar-refractivity contribution in [3.05, 3.63) is 29.8 Å². The third kappa shape index (κ3) is 3.72. The van der Waals surface area contributed by atoms with Crippen LogP contribution < -0.4 is 10.1 Å². The van der Waals surface area contributed by atoms with Crippen molar-refractivity contribution in [2.24, 2.45) is 5.92 Å². The summed E-state index contributed by atoms with van der Waals surface area (Å²) in [7, 11) is 3.65. The van der Waals surface area contributed by atoms with Gasteiger partial charge in [0.25, 0.3) is 0 Å². The number of hydrogen-bond donors (Lipinski definition) is 1. The zero-order chi connectivity index (χ0) is 12.1. The van der Waals surface area contributed by atoms with Gasteiger partial charge < -0.3 is 14.8 Å². The van der Waals surface area contributed by atoms with Gasteiger partial charge in [0, 0.05) is 6.61 Å². The van der Waals surface area contributed by atoms with Crippen LogP contribution in [-0.2, 0) is 4.74 Å². The summed E-state index contributed by atoms with van der Waals surface area (Å²) in [5.74, 6) is 1.71. The van der Waals surface area contributed by atoms with E-state index >= 15 is 0 Å². The number of nitrogens with one attached hydrogen (secondary N) is 1. The highest BCUT2D eigenvalue weighted by molar-refractivity contribution is 5.30. The van der Waals surface area contributed by atoms with Gasteiger partial charge in [-0.1, -0.05) is 12.1 Å². The topological polar surface area (TPSA) is 30.5 Å². The number of benzene rings is 1. The number of likely N-dealkylation sites (N-methyl/N-ethyl adjacent to an activating group) is 1. The van der Waals surface area contributed by atoms with E-state index < -0.39 is 0 Å². The van der Waals surface area contributed by atoms with Crippen molar-refractivity contribution in [1.82, 2.24) is 5.32 Å². The van der Waals surface area contributed by atoms with Crippen LogP contribution in [0.5, 0.6) is 5.75 Å². The molecule has 0 heterocycles. The van der Waals surface area contributed by atoms with Gasteiger partial charge in [0.05, 0.1) is 19.8 Å². The molecule has 0 aromatic heterocycles. The third-order valence-electron chi connectivity index (χ3n) is 3.18. The minimum atomic E-state index is 0.240. The second-order valence-electron chi connectivity index (χ2n) is 4.60. The molecule has 0 radical (unpaired) electrons. The third-order valence-corrected chi connectivity index (χ3v) is 3.18. The fourth-order valence-corrected chi connectivity index (χ4v) is 1.84. The van der Waals surface area contributed by atoms with E-state index in [2.05, 4.69) is 17.4 Å². The Morgan fingerprint density at radius 3 is 2.88 bits per heavy atom. The highest BCUT2D eigenvalue weighted by Crippen LogP contribution is 2.29. The van der Waals surface area contributed by atoms with E-state index in [0.29, 0.717) is 0 Å². The van der Waals surface area contributed by atoms with E-state index in [-0.39, 0.29) is 6.04 Å². The summed E-state index contributed by atoms with van der Waals surface area (Å²) in [6.07, 6.45) is 2.67. The largest absolute Gasteiger partial charge is 0.497 e. The van der Waals surface area contributed by atoms with Crippen LogP contribution in [0.3, 0.4) is 0 Å². The van der Waals surface area contributed by atoms with Gasteiger partial charge in [-0.25, -0.2) is 0 Å². The Morgan fingerprint density at radius 2 is 2.24 bits per heavy atom. The molecule has 0 aliphatic heterocycles. The molecule has 1 aliphatic rings. The van der Waals surface area contributed by atoms with Crippen LogP contribution in [0.15, 0.2) is 24.3 Å². The van der Waals surface area contributed by atoms with Gasteiger partial charge in [-0.3, -0.25) is 0 Å². The molecule has 1 aromatic rings. The van der Waals surface area contributed by atoms with Crippen molar-refractivity contribution >= 4 is 0 Å². The van der Waals surface area contributed by atoms with Gasteiger partial charge in [-0.15, -0.1) is 0 Å². The van der Waals surface area contributed by atoms with Crippen LogP contribution >= 0.6 is 0 Å². The molecule has 2 rings (SSSR count). The molecule has 0 bridgehead atoms. The average molecular weight is 235 g/mol. The Bertz CT molecular complexity index is 350. The Balaban J connectivity index is 1.89. The molecule has 1 aromatic carbocycles. The second kappa shape index (κ2) is 6.03. The zero-order valence-corrected chi connectivity index (χ0v) is 10.6. The summed E-state index contributed by atoms with van der Waals surface area (Å²) in [5, 5.41) is 3.28. The fraction of sp³-hybridized carbons (Fsp3) is 0.571. The van der Waals surface area contributed by atoms with Gasteiger partial charge in [-0.2, -0.15) is 0 Å². The number of methoxy groups -OCH3 is 1. The lowest BCUT2D eigenvalue weighted by Gasteiger charge is -2.17. The standard InChI is InChI=1S/C14H21NO2/c1-15-14(10-17-9-11-6-7-11)12-4-3-5-13(8-12)16-2/h3-5,8,11,14-15H,6-7,9-10H2,1-2H3. The summed E-state index contributed by atoms with van der Waals surface area (Å²) in [5.41, 5.74) is 1.21. The van der Waals surface area contributed by atoms with Crippen molar-refractivity contribution < 1.29 is 9.47 Å². The predicted molar refractivity (Wildman–Crippen MR) is 68.3 cm³/mol. The Hall–Kier alpha value is -1.06. The number of hydrogen-bond acceptors (Lipinski definition) is 3. The number of ether oxygens (including phenoxy) is 2. The molecule has 1 aliphatic carbocycles. The van der Waals surface area contributed by atoms with E-state index in [0.717, 1.165) is 24.9 Å². The lowest BCUT2D eigenvalue weighted by Crippen LogP contribution is -2.22. The molecule has 1 saturated carbocycles. The molecule has 0 spiro atoms. The van der Waals surface area contributed by atoms with Crippen molar-refractivity contribution in [3.63, 3.8) is 0 Å². The van der Waals surface area contributed by atoms with Crippen LogP contribution in [-0.4, -0.2) is 27.4 Å². The summed E-state index contributed by atoms with van der Waals surface area (Å²) in [4.78, 5) is 0. The Labute approximate surface area is 103 Å². The van der Waals surface area contributed by atoms with Gasteiger partial charge in [0.1, 0.15) is 5.75 Å². The van der Waals surface area contributed by atoms with Crippen LogP contribution in [0.2, 0.25) is 0 Å². The summed E-state index contributed by atoms with van der Waals surface area (Å²) in [6, 6.07) is 8.37. The van der Waals surface area contributed by atoms with Crippen molar-refractivity contribution in [2.45, 2.75) is 18.9 Å². The first-order chi connectivity index (χ1) is 8.33. The normalized spacial score (nSPS) is 16.8. The molecular formula is C14H21NO2. The van der Waals surface area contributed by atoms with Crippen LogP contribution in [0.4, 0.5) is 0 Å². The number of rotatable bonds is 7. The molecule has 1 atom stereocenters. The van der Waals surface area contributed by atoms with E-state index in [1.54, 1.807) is 7.11 Å². The molecule has 94 valence electrons. The molecule has 3 heteroatoms. The van der Waals surface area contributed by atoms with Crippen LogP contribution in [0.1, 0.15) is 24.4 Å². The summed E-state index contributed by atoms with van der Waals surface area (Å²) < 4.78 is 11.0. The molecule has 0 saturated heterocycles. The molecule has 1 unspecified atom stereocenters. The van der Waals surface area contributed by atoms with Crippen molar-refractivity contribution in [3.8, 4) is 5.75 Å². The maximum atomic E-state index is 5.74. The first-order valence-corrected chi connectivity index (χ1v) is 6.22. The highest BCUT2D eigenvalue weighted by Gasteiger charge is 2.21. The Kier molecular flexibility index (Phi) is 4.40. The second-order valence-corrected chi connectivity index (χ2v) is 4.60. The lowest BCUT2D eigenvalue weighted by molar-refractivity contribution is 0.105. The molecule has 0 amide bonds. The molecule has 1 N–H and O–H groups in total. The quantitative estimate of drug-likeness (QED) is 0.787. The van der Waals surface area contributed by atoms with Gasteiger partial charge in [0.15, 0.2) is 0 Å². The van der Waals surface area contributed by atoms with E-state index in [1.807, 2.05) is 19.2 Å². The van der Waals surface area contributed by atoms with Gasteiger partial charge >= 0.3 is 0 Å². The van der Waals surface area contributed by atoms with Gasteiger partial charge in [-0.05, 0) is 43.5 Å². The van der Waals surface area contributed by atoms with Crippen molar-refractivity contribution in [1.29, 1.82) is 0 Å². The van der Waals surface area contributed by atoms with Crippen LogP contribution in [0, 0.1) is 5.92 Å². The maximum absolute atomic E-state index is 5.74. The van der Waals surface area contributed by atoms with Crippen molar-refractivity contribution in [2.75, 3.05) is 27.4 Å². The fourth-order valence-electron chi connectivity index (χ4n) is 1.84. The molecular weight excluding hydrogens is 214 g/mol. The minimum absolute atomic E-state index is 0.240. The predicted octanol–water partition coefficient (Wildman–Crippen LogP) is 2.38. The van der Waals surface area contributed by atoms with E-state index in [1.165, 1.54) is 18.4 Å².